The van der Waals surface area contributed by atoms with Gasteiger partial charge in [-0.2, -0.15) is 0 Å². The SMILES string of the molecule is Cc1ccc(C(=O)CN2CCC(Oc3ncnc4c3CCN4c3ccc(S(C)(=O)=O)cc3F)CC2)s1. The summed E-state index contributed by atoms with van der Waals surface area (Å²) in [5.41, 5.74) is 1.08. The highest BCUT2D eigenvalue weighted by Crippen LogP contribution is 2.38. The van der Waals surface area contributed by atoms with Crippen molar-refractivity contribution in [3.63, 3.8) is 0 Å². The van der Waals surface area contributed by atoms with Crippen LogP contribution in [0.5, 0.6) is 5.88 Å². The van der Waals surface area contributed by atoms with E-state index in [1.165, 1.54) is 29.8 Å². The average Bonchev–Trinajstić information content (AvgIpc) is 3.47. The zero-order valence-corrected chi connectivity index (χ0v) is 21.7. The van der Waals surface area contributed by atoms with Gasteiger partial charge in [0.2, 0.25) is 5.88 Å². The van der Waals surface area contributed by atoms with Crippen molar-refractivity contribution in [2.75, 3.05) is 37.3 Å². The van der Waals surface area contributed by atoms with Gasteiger partial charge >= 0.3 is 0 Å². The molecule has 0 radical (unpaired) electrons. The van der Waals surface area contributed by atoms with Crippen molar-refractivity contribution in [1.82, 2.24) is 14.9 Å². The van der Waals surface area contributed by atoms with Crippen LogP contribution in [0, 0.1) is 12.7 Å². The third-order valence-corrected chi connectivity index (χ3v) is 8.71. The molecule has 0 amide bonds. The molecular formula is C25H27FN4O4S2. The molecule has 1 aromatic carbocycles. The summed E-state index contributed by atoms with van der Waals surface area (Å²) < 4.78 is 44.6. The van der Waals surface area contributed by atoms with Gasteiger partial charge < -0.3 is 9.64 Å². The van der Waals surface area contributed by atoms with Crippen molar-refractivity contribution in [3.05, 3.63) is 57.8 Å². The molecule has 4 heterocycles. The van der Waals surface area contributed by atoms with Crippen LogP contribution in [0.4, 0.5) is 15.9 Å². The fourth-order valence-corrected chi connectivity index (χ4v) is 6.08. The summed E-state index contributed by atoms with van der Waals surface area (Å²) in [6, 6.07) is 7.78. The number of aromatic nitrogens is 2. The summed E-state index contributed by atoms with van der Waals surface area (Å²) in [7, 11) is -3.50. The number of ketones is 1. The molecule has 1 fully saturated rings. The van der Waals surface area contributed by atoms with Gasteiger partial charge in [-0.25, -0.2) is 22.8 Å². The van der Waals surface area contributed by atoms with Crippen LogP contribution < -0.4 is 9.64 Å². The monoisotopic (exact) mass is 530 g/mol. The molecule has 1 saturated heterocycles. The van der Waals surface area contributed by atoms with E-state index in [4.69, 9.17) is 4.74 Å². The number of sulfone groups is 1. The number of likely N-dealkylation sites (tertiary alicyclic amines) is 1. The maximum atomic E-state index is 14.8. The minimum Gasteiger partial charge on any atom is -0.474 e. The molecule has 11 heteroatoms. The van der Waals surface area contributed by atoms with Gasteiger partial charge in [-0.1, -0.05) is 0 Å². The first kappa shape index (κ1) is 24.8. The second kappa shape index (κ2) is 9.87. The molecule has 0 spiro atoms. The number of halogens is 1. The van der Waals surface area contributed by atoms with Gasteiger partial charge in [0, 0.05) is 30.8 Å². The molecule has 2 aliphatic rings. The predicted octanol–water partition coefficient (Wildman–Crippen LogP) is 3.81. The summed E-state index contributed by atoms with van der Waals surface area (Å²) in [5, 5.41) is 0. The first-order valence-corrected chi connectivity index (χ1v) is 14.5. The number of fused-ring (bicyclic) bond motifs is 1. The van der Waals surface area contributed by atoms with Gasteiger partial charge in [-0.15, -0.1) is 11.3 Å². The maximum Gasteiger partial charge on any atom is 0.222 e. The van der Waals surface area contributed by atoms with Crippen molar-refractivity contribution in [2.24, 2.45) is 0 Å². The number of Topliss-reactive ketones (excluding diaryl/α,β-unsaturated/α-hetero) is 1. The lowest BCUT2D eigenvalue weighted by Crippen LogP contribution is -2.40. The third-order valence-electron chi connectivity index (χ3n) is 6.56. The first-order valence-electron chi connectivity index (χ1n) is 11.8. The van der Waals surface area contributed by atoms with Crippen LogP contribution in [0.2, 0.25) is 0 Å². The minimum atomic E-state index is -3.50. The topological polar surface area (TPSA) is 92.7 Å². The molecule has 0 N–H and O–H groups in total. The first-order chi connectivity index (χ1) is 17.2. The molecule has 3 aromatic rings. The van der Waals surface area contributed by atoms with Crippen LogP contribution >= 0.6 is 11.3 Å². The number of rotatable bonds is 7. The van der Waals surface area contributed by atoms with Crippen molar-refractivity contribution in [1.29, 1.82) is 0 Å². The number of hydrogen-bond donors (Lipinski definition) is 0. The molecule has 2 aliphatic heterocycles. The molecule has 2 aromatic heterocycles. The highest BCUT2D eigenvalue weighted by molar-refractivity contribution is 7.90. The quantitative estimate of drug-likeness (QED) is 0.426. The second-order valence-electron chi connectivity index (χ2n) is 9.19. The summed E-state index contributed by atoms with van der Waals surface area (Å²) in [6.45, 7) is 4.42. The number of anilines is 2. The van der Waals surface area contributed by atoms with Gasteiger partial charge in [-0.3, -0.25) is 9.69 Å². The van der Waals surface area contributed by atoms with E-state index in [1.807, 2.05) is 19.1 Å². The number of hydrogen-bond acceptors (Lipinski definition) is 9. The fourth-order valence-electron chi connectivity index (χ4n) is 4.65. The Morgan fingerprint density at radius 1 is 1.17 bits per heavy atom. The minimum absolute atomic E-state index is 0.0286. The predicted molar refractivity (Wildman–Crippen MR) is 136 cm³/mol. The number of aryl methyl sites for hydroxylation is 1. The highest BCUT2D eigenvalue weighted by atomic mass is 32.2. The van der Waals surface area contributed by atoms with Gasteiger partial charge in [0.1, 0.15) is 24.1 Å². The molecule has 0 aliphatic carbocycles. The number of thiophene rings is 1. The largest absolute Gasteiger partial charge is 0.474 e. The number of carbonyl (C=O) groups is 1. The van der Waals surface area contributed by atoms with Crippen molar-refractivity contribution >= 4 is 38.5 Å². The fraction of sp³-hybridized carbons (Fsp3) is 0.400. The number of nitrogens with zero attached hydrogens (tertiary/aromatic N) is 4. The Morgan fingerprint density at radius 3 is 2.61 bits per heavy atom. The smallest absolute Gasteiger partial charge is 0.222 e. The van der Waals surface area contributed by atoms with E-state index in [0.29, 0.717) is 31.2 Å². The van der Waals surface area contributed by atoms with E-state index < -0.39 is 15.7 Å². The van der Waals surface area contributed by atoms with Gasteiger partial charge in [0.15, 0.2) is 15.6 Å². The van der Waals surface area contributed by atoms with E-state index in [1.54, 1.807) is 4.90 Å². The Labute approximate surface area is 213 Å². The second-order valence-corrected chi connectivity index (χ2v) is 12.5. The van der Waals surface area contributed by atoms with Crippen LogP contribution in [0.1, 0.15) is 33.0 Å². The molecule has 0 unspecified atom stereocenters. The molecule has 0 atom stereocenters. The van der Waals surface area contributed by atoms with E-state index in [-0.39, 0.29) is 22.5 Å². The van der Waals surface area contributed by atoms with Crippen LogP contribution in [-0.4, -0.2) is 67.6 Å². The molecule has 8 nitrogen and oxygen atoms in total. The Hall–Kier alpha value is -2.89. The zero-order chi connectivity index (χ0) is 25.4. The number of ether oxygens (including phenoxy) is 1. The molecule has 190 valence electrons. The van der Waals surface area contributed by atoms with Crippen LogP contribution in [0.15, 0.2) is 41.6 Å². The summed E-state index contributed by atoms with van der Waals surface area (Å²) in [6.07, 6.45) is 4.58. The molecule has 36 heavy (non-hydrogen) atoms. The summed E-state index contributed by atoms with van der Waals surface area (Å²) in [5.74, 6) is 0.601. The van der Waals surface area contributed by atoms with Gasteiger partial charge in [0.25, 0.3) is 0 Å². The Kier molecular flexibility index (Phi) is 6.80. The summed E-state index contributed by atoms with van der Waals surface area (Å²) in [4.78, 5) is 27.0. The average molecular weight is 531 g/mol. The Balaban J connectivity index is 1.24. The van der Waals surface area contributed by atoms with E-state index >= 15 is 0 Å². The van der Waals surface area contributed by atoms with Gasteiger partial charge in [-0.05, 0) is 56.5 Å². The van der Waals surface area contributed by atoms with Crippen molar-refractivity contribution in [3.8, 4) is 5.88 Å². The number of carbonyl (C=O) groups excluding carboxylic acids is 1. The highest BCUT2D eigenvalue weighted by Gasteiger charge is 2.30. The van der Waals surface area contributed by atoms with Gasteiger partial charge in [0.05, 0.1) is 27.6 Å². The Bertz CT molecular complexity index is 1400. The normalized spacial score (nSPS) is 16.8. The van der Waals surface area contributed by atoms with Crippen LogP contribution in [0.25, 0.3) is 0 Å². The maximum absolute atomic E-state index is 14.8. The lowest BCUT2D eigenvalue weighted by atomic mass is 10.1. The summed E-state index contributed by atoms with van der Waals surface area (Å²) >= 11 is 1.53. The number of piperidine rings is 1. The van der Waals surface area contributed by atoms with Crippen molar-refractivity contribution in [2.45, 2.75) is 37.2 Å². The van der Waals surface area contributed by atoms with Crippen LogP contribution in [-0.2, 0) is 16.3 Å². The van der Waals surface area contributed by atoms with E-state index in [0.717, 1.165) is 53.6 Å². The lowest BCUT2D eigenvalue weighted by Gasteiger charge is -2.31. The molecular weight excluding hydrogens is 503 g/mol. The molecule has 5 rings (SSSR count). The molecule has 0 bridgehead atoms. The number of benzene rings is 1. The molecule has 0 saturated carbocycles. The van der Waals surface area contributed by atoms with Crippen LogP contribution in [0.3, 0.4) is 0 Å². The Morgan fingerprint density at radius 2 is 1.94 bits per heavy atom. The van der Waals surface area contributed by atoms with E-state index in [2.05, 4.69) is 14.9 Å². The third kappa shape index (κ3) is 5.14. The van der Waals surface area contributed by atoms with E-state index in [9.17, 15) is 17.6 Å². The van der Waals surface area contributed by atoms with Crippen molar-refractivity contribution < 1.29 is 22.3 Å². The lowest BCUT2D eigenvalue weighted by molar-refractivity contribution is 0.0778. The zero-order valence-electron chi connectivity index (χ0n) is 20.1. The standard InChI is InChI=1S/C25H27FN4O4S2/c1-16-3-6-23(35-16)22(31)14-29-10-7-17(8-11-29)34-25-19-9-12-30(24(19)27-15-28-25)21-5-4-18(13-20(21)26)36(2,32)33/h3-6,13,15,17H,7-12,14H2,1-2H3.